The van der Waals surface area contributed by atoms with E-state index in [9.17, 15) is 14.7 Å². The molecule has 0 atom stereocenters. The first kappa shape index (κ1) is 36.8. The highest BCUT2D eigenvalue weighted by Crippen LogP contribution is 2.33. The van der Waals surface area contributed by atoms with Crippen molar-refractivity contribution < 1.29 is 24.2 Å². The van der Waals surface area contributed by atoms with Gasteiger partial charge in [-0.2, -0.15) is 0 Å². The van der Waals surface area contributed by atoms with Gasteiger partial charge in [0.25, 0.3) is 0 Å². The number of rotatable bonds is 9. The van der Waals surface area contributed by atoms with E-state index < -0.39 is 11.6 Å². The van der Waals surface area contributed by atoms with Crippen molar-refractivity contribution in [2.45, 2.75) is 45.6 Å². The number of aromatic amines is 1. The number of halogens is 1. The van der Waals surface area contributed by atoms with E-state index in [0.29, 0.717) is 17.4 Å². The van der Waals surface area contributed by atoms with E-state index >= 15 is 0 Å². The van der Waals surface area contributed by atoms with E-state index in [1.54, 1.807) is 12.3 Å². The van der Waals surface area contributed by atoms with E-state index in [1.165, 1.54) is 16.7 Å². The van der Waals surface area contributed by atoms with Gasteiger partial charge in [-0.25, -0.2) is 14.6 Å². The van der Waals surface area contributed by atoms with Gasteiger partial charge in [0.15, 0.2) is 0 Å². The number of piperazine rings is 1. The van der Waals surface area contributed by atoms with E-state index in [4.69, 9.17) is 21.1 Å². The van der Waals surface area contributed by atoms with Crippen LogP contribution in [0.25, 0.3) is 16.6 Å². The van der Waals surface area contributed by atoms with Gasteiger partial charge in [-0.1, -0.05) is 23.7 Å². The van der Waals surface area contributed by atoms with Crippen LogP contribution in [0.4, 0.5) is 10.5 Å². The Balaban J connectivity index is 0.987. The van der Waals surface area contributed by atoms with Crippen molar-refractivity contribution in [3.05, 3.63) is 88.7 Å². The van der Waals surface area contributed by atoms with Crippen LogP contribution in [-0.4, -0.2) is 113 Å². The lowest BCUT2D eigenvalue weighted by Crippen LogP contribution is -2.48. The highest BCUT2D eigenvalue weighted by molar-refractivity contribution is 6.30. The zero-order valence-electron chi connectivity index (χ0n) is 30.8. The summed E-state index contributed by atoms with van der Waals surface area (Å²) in [5.41, 5.74) is 5.41. The second-order valence-corrected chi connectivity index (χ2v) is 15.9. The Morgan fingerprint density at radius 3 is 2.42 bits per heavy atom. The molecule has 4 aromatic rings. The molecule has 2 saturated heterocycles. The summed E-state index contributed by atoms with van der Waals surface area (Å²) in [7, 11) is 0. The lowest BCUT2D eigenvalue weighted by Gasteiger charge is -2.40. The highest BCUT2D eigenvalue weighted by Gasteiger charge is 2.30. The molecule has 0 unspecified atom stereocenters. The second-order valence-electron chi connectivity index (χ2n) is 15.4. The summed E-state index contributed by atoms with van der Waals surface area (Å²) in [5, 5.41) is 11.5. The number of hydrogen-bond acceptors (Lipinski definition) is 8. The van der Waals surface area contributed by atoms with Crippen LogP contribution < -0.4 is 9.64 Å². The fourth-order valence-electron chi connectivity index (χ4n) is 7.63. The molecule has 7 rings (SSSR count). The van der Waals surface area contributed by atoms with Crippen LogP contribution >= 0.6 is 11.6 Å². The van der Waals surface area contributed by atoms with Gasteiger partial charge in [-0.05, 0) is 99.1 Å². The van der Waals surface area contributed by atoms with Crippen LogP contribution in [0.1, 0.15) is 56.0 Å². The van der Waals surface area contributed by atoms with E-state index in [1.807, 2.05) is 68.3 Å². The number of carboxylic acid groups (broad SMARTS) is 1. The molecule has 3 aliphatic heterocycles. The van der Waals surface area contributed by atoms with Gasteiger partial charge in [0.1, 0.15) is 28.3 Å². The summed E-state index contributed by atoms with van der Waals surface area (Å²) in [6.07, 6.45) is 6.19. The monoisotopic (exact) mass is 740 g/mol. The van der Waals surface area contributed by atoms with E-state index in [0.717, 1.165) is 106 Å². The SMILES string of the molecule is CC(C)(C)OC(=O)N1CCC(CN2CCC(CN3CCN(c4ccc(C(=O)O)c(Oc5cnc6[nH]ccc6c5)c4)CC3)=C(c3ccc(Cl)cc3)C2)CC1. The Hall–Kier alpha value is -4.58. The molecule has 0 spiro atoms. The highest BCUT2D eigenvalue weighted by atomic mass is 35.5. The fourth-order valence-corrected chi connectivity index (χ4v) is 7.76. The first-order chi connectivity index (χ1) is 25.5. The molecule has 2 fully saturated rings. The number of H-pyrrole nitrogens is 1. The molecule has 280 valence electrons. The molecule has 3 aliphatic rings. The number of aromatic carboxylic acids is 1. The number of nitrogens with zero attached hydrogens (tertiary/aromatic N) is 5. The largest absolute Gasteiger partial charge is 0.478 e. The summed E-state index contributed by atoms with van der Waals surface area (Å²) in [6, 6.07) is 17.3. The number of fused-ring (bicyclic) bond motifs is 1. The number of ether oxygens (including phenoxy) is 2. The van der Waals surface area contributed by atoms with Gasteiger partial charge in [0, 0.05) is 93.8 Å². The summed E-state index contributed by atoms with van der Waals surface area (Å²) >= 11 is 6.31. The van der Waals surface area contributed by atoms with Crippen LogP contribution in [0.3, 0.4) is 0 Å². The lowest BCUT2D eigenvalue weighted by atomic mass is 9.91. The molecular weight excluding hydrogens is 692 g/mol. The Kier molecular flexibility index (Phi) is 11.0. The van der Waals surface area contributed by atoms with Gasteiger partial charge >= 0.3 is 12.1 Å². The van der Waals surface area contributed by atoms with E-state index in [-0.39, 0.29) is 11.7 Å². The molecular formula is C41H49ClN6O5. The maximum Gasteiger partial charge on any atom is 0.410 e. The fraction of sp³-hybridized carbons (Fsp3) is 0.439. The van der Waals surface area contributed by atoms with Crippen molar-refractivity contribution in [3.8, 4) is 11.5 Å². The molecule has 5 heterocycles. The average Bonchev–Trinajstić information content (AvgIpc) is 3.61. The first-order valence-electron chi connectivity index (χ1n) is 18.6. The second kappa shape index (κ2) is 15.8. The van der Waals surface area contributed by atoms with Gasteiger partial charge in [-0.15, -0.1) is 0 Å². The quantitative estimate of drug-likeness (QED) is 0.179. The molecule has 53 heavy (non-hydrogen) atoms. The number of piperidine rings is 1. The Bertz CT molecular complexity index is 1960. The molecule has 0 radical (unpaired) electrons. The molecule has 0 saturated carbocycles. The third-order valence-corrected chi connectivity index (χ3v) is 10.7. The van der Waals surface area contributed by atoms with Gasteiger partial charge in [0.2, 0.25) is 0 Å². The van der Waals surface area contributed by atoms with Gasteiger partial charge in [-0.3, -0.25) is 9.80 Å². The van der Waals surface area contributed by atoms with Crippen molar-refractivity contribution in [2.75, 3.05) is 70.3 Å². The average molecular weight is 741 g/mol. The maximum atomic E-state index is 12.6. The van der Waals surface area contributed by atoms with Crippen molar-refractivity contribution >= 4 is 46.0 Å². The third-order valence-electron chi connectivity index (χ3n) is 10.5. The number of amides is 1. The number of carbonyl (C=O) groups excluding carboxylic acids is 1. The molecule has 11 nitrogen and oxygen atoms in total. The van der Waals surface area contributed by atoms with Crippen LogP contribution in [-0.2, 0) is 4.74 Å². The van der Waals surface area contributed by atoms with E-state index in [2.05, 4.69) is 36.8 Å². The number of hydrogen-bond donors (Lipinski definition) is 2. The van der Waals surface area contributed by atoms with Gasteiger partial charge < -0.3 is 29.4 Å². The maximum absolute atomic E-state index is 12.6. The topological polar surface area (TPSA) is 114 Å². The number of carboxylic acids is 1. The third kappa shape index (κ3) is 9.15. The lowest BCUT2D eigenvalue weighted by molar-refractivity contribution is 0.0171. The Morgan fingerprint density at radius 1 is 0.943 bits per heavy atom. The number of benzene rings is 2. The number of pyridine rings is 1. The predicted octanol–water partition coefficient (Wildman–Crippen LogP) is 7.64. The minimum Gasteiger partial charge on any atom is -0.478 e. The number of carbonyl (C=O) groups is 2. The Labute approximate surface area is 316 Å². The van der Waals surface area contributed by atoms with Crippen LogP contribution in [0, 0.1) is 5.92 Å². The zero-order valence-corrected chi connectivity index (χ0v) is 31.6. The molecule has 2 N–H and O–H groups in total. The normalized spacial score (nSPS) is 18.1. The molecule has 0 bridgehead atoms. The van der Waals surface area contributed by atoms with Crippen molar-refractivity contribution in [1.29, 1.82) is 0 Å². The van der Waals surface area contributed by atoms with Crippen LogP contribution in [0.2, 0.25) is 5.02 Å². The molecule has 0 aliphatic carbocycles. The van der Waals surface area contributed by atoms with Crippen LogP contribution in [0.5, 0.6) is 11.5 Å². The summed E-state index contributed by atoms with van der Waals surface area (Å²) in [6.45, 7) is 14.5. The molecule has 1 amide bonds. The summed E-state index contributed by atoms with van der Waals surface area (Å²) in [5.74, 6) is 0.296. The summed E-state index contributed by atoms with van der Waals surface area (Å²) in [4.78, 5) is 41.4. The zero-order chi connectivity index (χ0) is 37.1. The minimum absolute atomic E-state index is 0.112. The smallest absolute Gasteiger partial charge is 0.410 e. The first-order valence-corrected chi connectivity index (χ1v) is 19.0. The Morgan fingerprint density at radius 2 is 1.70 bits per heavy atom. The standard InChI is InChI=1S/C41H49ClN6O5/c1-41(2,3)53-40(51)48-16-11-28(12-17-48)25-46-15-13-31(36(27-46)29-4-6-32(42)7-5-29)26-45-18-20-47(21-19-45)33-8-9-35(39(49)50)37(23-33)52-34-22-30-10-14-43-38(30)44-24-34/h4-10,14,22-24,28H,11-13,15-21,25-27H2,1-3H3,(H,43,44)(H,49,50). The number of aromatic nitrogens is 2. The number of anilines is 1. The van der Waals surface area contributed by atoms with Crippen molar-refractivity contribution in [1.82, 2.24) is 24.7 Å². The molecule has 12 heteroatoms. The van der Waals surface area contributed by atoms with Gasteiger partial charge in [0.05, 0.1) is 6.20 Å². The molecule has 2 aromatic carbocycles. The molecule has 2 aromatic heterocycles. The number of nitrogens with one attached hydrogen (secondary N) is 1. The van der Waals surface area contributed by atoms with Crippen LogP contribution in [0.15, 0.2) is 72.6 Å². The van der Waals surface area contributed by atoms with Crippen molar-refractivity contribution in [3.63, 3.8) is 0 Å². The number of likely N-dealkylation sites (tertiary alicyclic amines) is 1. The van der Waals surface area contributed by atoms with Crippen molar-refractivity contribution in [2.24, 2.45) is 5.92 Å². The summed E-state index contributed by atoms with van der Waals surface area (Å²) < 4.78 is 11.7. The predicted molar refractivity (Wildman–Crippen MR) is 208 cm³/mol. The minimum atomic E-state index is -1.04.